The number of para-hydroxylation sites is 1. The quantitative estimate of drug-likeness (QED) is 0.768. The molecule has 0 fully saturated rings. The minimum atomic E-state index is 0.693. The van der Waals surface area contributed by atoms with Crippen molar-refractivity contribution in [2.24, 2.45) is 7.05 Å². The van der Waals surface area contributed by atoms with E-state index in [-0.39, 0.29) is 0 Å². The molecule has 19 heavy (non-hydrogen) atoms. The average molecular weight is 253 g/mol. The third-order valence-corrected chi connectivity index (χ3v) is 3.06. The summed E-state index contributed by atoms with van der Waals surface area (Å²) in [6.07, 6.45) is 1.68. The van der Waals surface area contributed by atoms with Gasteiger partial charge in [-0.3, -0.25) is 4.68 Å². The number of aromatic nitrogens is 4. The fourth-order valence-electron chi connectivity index (χ4n) is 2.16. The van der Waals surface area contributed by atoms with Crippen LogP contribution in [0.5, 0.6) is 0 Å². The second kappa shape index (κ2) is 5.16. The number of benzene rings is 1. The summed E-state index contributed by atoms with van der Waals surface area (Å²) in [5, 5.41) is 17.0. The molecule has 3 rings (SSSR count). The summed E-state index contributed by atoms with van der Waals surface area (Å²) in [5.74, 6) is 0. The molecule has 0 spiro atoms. The molecule has 0 aliphatic carbocycles. The SMILES string of the molecule is Cn1nc(CNCc2cccnn2)c2ccccc21. The number of hydrogen-bond donors (Lipinski definition) is 1. The largest absolute Gasteiger partial charge is 0.305 e. The Balaban J connectivity index is 1.72. The molecule has 0 aliphatic rings. The Bertz CT molecular complexity index is 675. The van der Waals surface area contributed by atoms with E-state index in [0.29, 0.717) is 6.54 Å². The summed E-state index contributed by atoms with van der Waals surface area (Å²) in [6, 6.07) is 12.1. The van der Waals surface area contributed by atoms with Gasteiger partial charge < -0.3 is 5.32 Å². The van der Waals surface area contributed by atoms with Crippen LogP contribution in [0.2, 0.25) is 0 Å². The summed E-state index contributed by atoms with van der Waals surface area (Å²) in [6.45, 7) is 1.41. The van der Waals surface area contributed by atoms with E-state index >= 15 is 0 Å². The predicted octanol–water partition coefficient (Wildman–Crippen LogP) is 1.65. The Hall–Kier alpha value is -2.27. The van der Waals surface area contributed by atoms with Crippen molar-refractivity contribution in [1.82, 2.24) is 25.3 Å². The molecule has 2 heterocycles. The molecule has 0 saturated carbocycles. The number of fused-ring (bicyclic) bond motifs is 1. The molecule has 0 aliphatic heterocycles. The fourth-order valence-corrected chi connectivity index (χ4v) is 2.16. The number of hydrogen-bond acceptors (Lipinski definition) is 4. The standard InChI is InChI=1S/C14H15N5/c1-19-14-7-3-2-6-12(14)13(18-19)10-15-9-11-5-4-8-16-17-11/h2-8,15H,9-10H2,1H3. The normalized spacial score (nSPS) is 11.0. The van der Waals surface area contributed by atoms with E-state index in [2.05, 4.69) is 32.7 Å². The van der Waals surface area contributed by atoms with Crippen LogP contribution in [0.25, 0.3) is 10.9 Å². The molecule has 5 nitrogen and oxygen atoms in total. The van der Waals surface area contributed by atoms with Gasteiger partial charge in [0.15, 0.2) is 0 Å². The lowest BCUT2D eigenvalue weighted by atomic mass is 10.2. The summed E-state index contributed by atoms with van der Waals surface area (Å²) < 4.78 is 1.91. The smallest absolute Gasteiger partial charge is 0.0841 e. The highest BCUT2D eigenvalue weighted by molar-refractivity contribution is 5.81. The molecule has 0 atom stereocenters. The van der Waals surface area contributed by atoms with Gasteiger partial charge in [0.1, 0.15) is 0 Å². The van der Waals surface area contributed by atoms with Crippen molar-refractivity contribution < 1.29 is 0 Å². The van der Waals surface area contributed by atoms with E-state index in [1.807, 2.05) is 36.0 Å². The molecular formula is C14H15N5. The third-order valence-electron chi connectivity index (χ3n) is 3.06. The number of aryl methyl sites for hydroxylation is 1. The number of nitrogens with zero attached hydrogens (tertiary/aromatic N) is 4. The fraction of sp³-hybridized carbons (Fsp3) is 0.214. The predicted molar refractivity (Wildman–Crippen MR) is 73.3 cm³/mol. The first kappa shape index (κ1) is 11.8. The van der Waals surface area contributed by atoms with Gasteiger partial charge in [-0.1, -0.05) is 18.2 Å². The Morgan fingerprint density at radius 1 is 1.11 bits per heavy atom. The average Bonchev–Trinajstić information content (AvgIpc) is 2.78. The monoisotopic (exact) mass is 253 g/mol. The third kappa shape index (κ3) is 2.46. The van der Waals surface area contributed by atoms with Crippen LogP contribution >= 0.6 is 0 Å². The highest BCUT2D eigenvalue weighted by Gasteiger charge is 2.07. The first-order valence-corrected chi connectivity index (χ1v) is 6.22. The Labute approximate surface area is 111 Å². The van der Waals surface area contributed by atoms with Gasteiger partial charge in [0.2, 0.25) is 0 Å². The van der Waals surface area contributed by atoms with E-state index < -0.39 is 0 Å². The molecule has 3 aromatic rings. The second-order valence-corrected chi connectivity index (χ2v) is 4.41. The molecule has 1 N–H and O–H groups in total. The van der Waals surface area contributed by atoms with E-state index in [1.54, 1.807) is 6.20 Å². The van der Waals surface area contributed by atoms with Crippen molar-refractivity contribution >= 4 is 10.9 Å². The van der Waals surface area contributed by atoms with Gasteiger partial charge in [-0.15, -0.1) is 0 Å². The van der Waals surface area contributed by atoms with Gasteiger partial charge >= 0.3 is 0 Å². The van der Waals surface area contributed by atoms with E-state index in [4.69, 9.17) is 0 Å². The Kier molecular flexibility index (Phi) is 3.20. The van der Waals surface area contributed by atoms with Crippen LogP contribution in [-0.2, 0) is 20.1 Å². The van der Waals surface area contributed by atoms with Crippen molar-refractivity contribution in [2.75, 3.05) is 0 Å². The van der Waals surface area contributed by atoms with Crippen molar-refractivity contribution in [3.63, 3.8) is 0 Å². The maximum Gasteiger partial charge on any atom is 0.0841 e. The van der Waals surface area contributed by atoms with Crippen LogP contribution in [0.3, 0.4) is 0 Å². The minimum Gasteiger partial charge on any atom is -0.305 e. The van der Waals surface area contributed by atoms with Crippen molar-refractivity contribution in [3.05, 3.63) is 54.0 Å². The second-order valence-electron chi connectivity index (χ2n) is 4.41. The molecule has 0 saturated heterocycles. The number of rotatable bonds is 4. The van der Waals surface area contributed by atoms with Crippen molar-refractivity contribution in [1.29, 1.82) is 0 Å². The van der Waals surface area contributed by atoms with Gasteiger partial charge in [0.25, 0.3) is 0 Å². The summed E-state index contributed by atoms with van der Waals surface area (Å²) in [7, 11) is 1.97. The summed E-state index contributed by atoms with van der Waals surface area (Å²) in [5.41, 5.74) is 3.14. The molecule has 5 heteroatoms. The van der Waals surface area contributed by atoms with E-state index in [0.717, 1.165) is 23.4 Å². The van der Waals surface area contributed by atoms with Gasteiger partial charge in [-0.25, -0.2) is 0 Å². The zero-order valence-corrected chi connectivity index (χ0v) is 10.7. The Morgan fingerprint density at radius 3 is 2.84 bits per heavy atom. The summed E-state index contributed by atoms with van der Waals surface area (Å²) >= 11 is 0. The van der Waals surface area contributed by atoms with Gasteiger partial charge in [-0.2, -0.15) is 15.3 Å². The Morgan fingerprint density at radius 2 is 2.00 bits per heavy atom. The maximum absolute atomic E-state index is 4.54. The number of nitrogens with one attached hydrogen (secondary N) is 1. The van der Waals surface area contributed by atoms with Crippen molar-refractivity contribution in [2.45, 2.75) is 13.1 Å². The van der Waals surface area contributed by atoms with Crippen LogP contribution in [0.15, 0.2) is 42.6 Å². The van der Waals surface area contributed by atoms with Crippen LogP contribution in [0, 0.1) is 0 Å². The van der Waals surface area contributed by atoms with E-state index in [9.17, 15) is 0 Å². The van der Waals surface area contributed by atoms with E-state index in [1.165, 1.54) is 5.39 Å². The van der Waals surface area contributed by atoms with Crippen LogP contribution in [-0.4, -0.2) is 20.0 Å². The molecule has 0 radical (unpaired) electrons. The van der Waals surface area contributed by atoms with Gasteiger partial charge in [0, 0.05) is 31.7 Å². The first-order chi connectivity index (χ1) is 9.34. The van der Waals surface area contributed by atoms with Gasteiger partial charge in [-0.05, 0) is 18.2 Å². The molecule has 0 unspecified atom stereocenters. The lowest BCUT2D eigenvalue weighted by Gasteiger charge is -2.01. The molecule has 0 amide bonds. The first-order valence-electron chi connectivity index (χ1n) is 6.22. The van der Waals surface area contributed by atoms with Crippen molar-refractivity contribution in [3.8, 4) is 0 Å². The van der Waals surface area contributed by atoms with Crippen LogP contribution < -0.4 is 5.32 Å². The lowest BCUT2D eigenvalue weighted by Crippen LogP contribution is -2.14. The zero-order valence-electron chi connectivity index (χ0n) is 10.7. The van der Waals surface area contributed by atoms with Crippen LogP contribution in [0.1, 0.15) is 11.4 Å². The zero-order chi connectivity index (χ0) is 13.1. The molecular weight excluding hydrogens is 238 g/mol. The lowest BCUT2D eigenvalue weighted by molar-refractivity contribution is 0.646. The molecule has 1 aromatic carbocycles. The van der Waals surface area contributed by atoms with Crippen LogP contribution in [0.4, 0.5) is 0 Å². The summed E-state index contributed by atoms with van der Waals surface area (Å²) in [4.78, 5) is 0. The topological polar surface area (TPSA) is 55.6 Å². The molecule has 0 bridgehead atoms. The highest BCUT2D eigenvalue weighted by atomic mass is 15.3. The maximum atomic E-state index is 4.54. The molecule has 2 aromatic heterocycles. The highest BCUT2D eigenvalue weighted by Crippen LogP contribution is 2.17. The molecule has 96 valence electrons. The minimum absolute atomic E-state index is 0.693. The van der Waals surface area contributed by atoms with Gasteiger partial charge in [0.05, 0.1) is 16.9 Å².